The molecule has 0 saturated carbocycles. The van der Waals surface area contributed by atoms with Gasteiger partial charge in [0.15, 0.2) is 5.60 Å². The first-order valence-corrected chi connectivity index (χ1v) is 10.6. The predicted octanol–water partition coefficient (Wildman–Crippen LogP) is 3.83. The first kappa shape index (κ1) is 21.7. The first-order chi connectivity index (χ1) is 15.4. The van der Waals surface area contributed by atoms with Gasteiger partial charge in [-0.1, -0.05) is 18.2 Å². The molecule has 0 N–H and O–H groups in total. The van der Waals surface area contributed by atoms with Crippen molar-refractivity contribution >= 4 is 16.9 Å². The van der Waals surface area contributed by atoms with Crippen molar-refractivity contribution in [1.29, 1.82) is 0 Å². The predicted molar refractivity (Wildman–Crippen MR) is 121 cm³/mol. The smallest absolute Gasteiger partial charge is 0.337 e. The molecule has 0 unspecified atom stereocenters. The fraction of sp³-hybridized carbons (Fsp3) is 0.333. The Hall–Kier alpha value is -3.52. The van der Waals surface area contributed by atoms with Gasteiger partial charge in [0.1, 0.15) is 0 Å². The van der Waals surface area contributed by atoms with Crippen LogP contribution in [0.1, 0.15) is 32.2 Å². The standard InChI is InChI=1S/C24H27N5O3/c1-5-28-21-12-17(9-10-18(21)14-26-28)22-13-20(16-32-24(2,3)23(30)31-4)27-29(22)15-19-8-6-7-11-25-19/h6-14H,5,15-16H2,1-4H3. The number of ether oxygens (including phenoxy) is 2. The fourth-order valence-electron chi connectivity index (χ4n) is 3.58. The topological polar surface area (TPSA) is 84.1 Å². The normalized spacial score (nSPS) is 11.8. The zero-order valence-electron chi connectivity index (χ0n) is 18.8. The second kappa shape index (κ2) is 8.92. The van der Waals surface area contributed by atoms with Gasteiger partial charge in [-0.3, -0.25) is 14.3 Å². The summed E-state index contributed by atoms with van der Waals surface area (Å²) >= 11 is 0. The molecule has 3 aromatic heterocycles. The van der Waals surface area contributed by atoms with Crippen molar-refractivity contribution in [1.82, 2.24) is 24.5 Å². The van der Waals surface area contributed by atoms with Crippen LogP contribution in [0.3, 0.4) is 0 Å². The minimum Gasteiger partial charge on any atom is -0.467 e. The molecule has 0 saturated heterocycles. The summed E-state index contributed by atoms with van der Waals surface area (Å²) in [6, 6.07) is 14.1. The number of methoxy groups -OCH3 is 1. The number of aromatic nitrogens is 5. The van der Waals surface area contributed by atoms with Crippen molar-refractivity contribution in [2.45, 2.75) is 46.1 Å². The van der Waals surface area contributed by atoms with Gasteiger partial charge < -0.3 is 9.47 Å². The van der Waals surface area contributed by atoms with E-state index in [0.29, 0.717) is 6.54 Å². The number of benzene rings is 1. The summed E-state index contributed by atoms with van der Waals surface area (Å²) < 4.78 is 14.6. The molecule has 4 aromatic rings. The number of hydrogen-bond donors (Lipinski definition) is 0. The number of hydrogen-bond acceptors (Lipinski definition) is 6. The van der Waals surface area contributed by atoms with Gasteiger partial charge >= 0.3 is 5.97 Å². The zero-order valence-corrected chi connectivity index (χ0v) is 18.8. The van der Waals surface area contributed by atoms with E-state index in [-0.39, 0.29) is 6.61 Å². The quantitative estimate of drug-likeness (QED) is 0.393. The molecule has 0 fully saturated rings. The van der Waals surface area contributed by atoms with Gasteiger partial charge in [-0.25, -0.2) is 4.79 Å². The second-order valence-corrected chi connectivity index (χ2v) is 8.02. The molecular formula is C24H27N5O3. The number of nitrogens with zero attached hydrogens (tertiary/aromatic N) is 5. The Labute approximate surface area is 186 Å². The molecule has 166 valence electrons. The van der Waals surface area contributed by atoms with Gasteiger partial charge in [0, 0.05) is 23.7 Å². The summed E-state index contributed by atoms with van der Waals surface area (Å²) in [5.74, 6) is -0.427. The maximum Gasteiger partial charge on any atom is 0.337 e. The van der Waals surface area contributed by atoms with Crippen LogP contribution in [0.5, 0.6) is 0 Å². The molecule has 8 heteroatoms. The molecule has 0 spiro atoms. The molecule has 0 amide bonds. The Morgan fingerprint density at radius 2 is 1.94 bits per heavy atom. The van der Waals surface area contributed by atoms with Crippen LogP contribution in [-0.4, -0.2) is 43.2 Å². The average Bonchev–Trinajstić information content (AvgIpc) is 3.41. The SMILES string of the molecule is CCn1ncc2ccc(-c3cc(COC(C)(C)C(=O)OC)nn3Cc3ccccn3)cc21. The Morgan fingerprint density at radius 1 is 1.09 bits per heavy atom. The lowest BCUT2D eigenvalue weighted by atomic mass is 10.1. The van der Waals surface area contributed by atoms with Crippen molar-refractivity contribution < 1.29 is 14.3 Å². The van der Waals surface area contributed by atoms with Crippen LogP contribution in [0, 0.1) is 0 Å². The minimum atomic E-state index is -1.06. The van der Waals surface area contributed by atoms with E-state index >= 15 is 0 Å². The van der Waals surface area contributed by atoms with Crippen molar-refractivity contribution in [3.05, 3.63) is 66.2 Å². The van der Waals surface area contributed by atoms with Crippen LogP contribution in [-0.2, 0) is 34.0 Å². The van der Waals surface area contributed by atoms with E-state index in [1.807, 2.05) is 39.8 Å². The van der Waals surface area contributed by atoms with Crippen LogP contribution in [0.15, 0.2) is 54.9 Å². The summed E-state index contributed by atoms with van der Waals surface area (Å²) in [6.07, 6.45) is 3.65. The molecule has 0 aliphatic rings. The highest BCUT2D eigenvalue weighted by Crippen LogP contribution is 2.27. The van der Waals surface area contributed by atoms with Crippen LogP contribution in [0.4, 0.5) is 0 Å². The van der Waals surface area contributed by atoms with Crippen molar-refractivity contribution in [2.75, 3.05) is 7.11 Å². The highest BCUT2D eigenvalue weighted by Gasteiger charge is 2.30. The van der Waals surface area contributed by atoms with Crippen LogP contribution in [0.25, 0.3) is 22.2 Å². The van der Waals surface area contributed by atoms with E-state index in [2.05, 4.69) is 35.2 Å². The summed E-state index contributed by atoms with van der Waals surface area (Å²) in [5, 5.41) is 10.3. The molecular weight excluding hydrogens is 406 g/mol. The van der Waals surface area contributed by atoms with E-state index in [1.165, 1.54) is 7.11 Å². The van der Waals surface area contributed by atoms with Crippen molar-refractivity contribution in [2.24, 2.45) is 0 Å². The molecule has 32 heavy (non-hydrogen) atoms. The summed E-state index contributed by atoms with van der Waals surface area (Å²) in [6.45, 7) is 6.93. The first-order valence-electron chi connectivity index (χ1n) is 10.6. The maximum atomic E-state index is 12.0. The lowest BCUT2D eigenvalue weighted by Gasteiger charge is -2.21. The third-order valence-corrected chi connectivity index (χ3v) is 5.37. The molecule has 1 aromatic carbocycles. The highest BCUT2D eigenvalue weighted by molar-refractivity contribution is 5.84. The lowest BCUT2D eigenvalue weighted by molar-refractivity contribution is -0.166. The Bertz CT molecular complexity index is 1230. The minimum absolute atomic E-state index is 0.180. The summed E-state index contributed by atoms with van der Waals surface area (Å²) in [7, 11) is 1.35. The summed E-state index contributed by atoms with van der Waals surface area (Å²) in [5.41, 5.74) is 3.59. The maximum absolute atomic E-state index is 12.0. The van der Waals surface area contributed by atoms with Gasteiger partial charge in [0.2, 0.25) is 0 Å². The number of carbonyl (C=O) groups excluding carboxylic acids is 1. The number of rotatable bonds is 8. The van der Waals surface area contributed by atoms with Gasteiger partial charge in [-0.05, 0) is 45.0 Å². The molecule has 0 bridgehead atoms. The van der Waals surface area contributed by atoms with E-state index < -0.39 is 11.6 Å². The average molecular weight is 434 g/mol. The Balaban J connectivity index is 1.70. The monoisotopic (exact) mass is 433 g/mol. The molecule has 3 heterocycles. The molecule has 0 aliphatic carbocycles. The zero-order chi connectivity index (χ0) is 22.7. The number of aryl methyl sites for hydroxylation is 1. The number of esters is 1. The second-order valence-electron chi connectivity index (χ2n) is 8.02. The molecule has 4 rings (SSSR count). The van der Waals surface area contributed by atoms with Crippen LogP contribution in [0.2, 0.25) is 0 Å². The highest BCUT2D eigenvalue weighted by atomic mass is 16.6. The van der Waals surface area contributed by atoms with E-state index in [9.17, 15) is 4.79 Å². The van der Waals surface area contributed by atoms with Gasteiger partial charge in [0.25, 0.3) is 0 Å². The van der Waals surface area contributed by atoms with Gasteiger partial charge in [-0.15, -0.1) is 0 Å². The number of fused-ring (bicyclic) bond motifs is 1. The molecule has 8 nitrogen and oxygen atoms in total. The molecule has 0 radical (unpaired) electrons. The van der Waals surface area contributed by atoms with Crippen molar-refractivity contribution in [3.63, 3.8) is 0 Å². The Morgan fingerprint density at radius 3 is 2.66 bits per heavy atom. The van der Waals surface area contributed by atoms with Crippen molar-refractivity contribution in [3.8, 4) is 11.3 Å². The largest absolute Gasteiger partial charge is 0.467 e. The lowest BCUT2D eigenvalue weighted by Crippen LogP contribution is -2.35. The van der Waals surface area contributed by atoms with Crippen LogP contribution < -0.4 is 0 Å². The number of carbonyl (C=O) groups is 1. The van der Waals surface area contributed by atoms with E-state index in [1.54, 1.807) is 20.0 Å². The molecule has 0 aliphatic heterocycles. The third-order valence-electron chi connectivity index (χ3n) is 5.37. The van der Waals surface area contributed by atoms with E-state index in [4.69, 9.17) is 14.6 Å². The van der Waals surface area contributed by atoms with Crippen LogP contribution >= 0.6 is 0 Å². The number of pyridine rings is 1. The Kier molecular flexibility index (Phi) is 6.05. The summed E-state index contributed by atoms with van der Waals surface area (Å²) in [4.78, 5) is 16.4. The molecule has 0 atom stereocenters. The van der Waals surface area contributed by atoms with Gasteiger partial charge in [-0.2, -0.15) is 10.2 Å². The van der Waals surface area contributed by atoms with E-state index in [0.717, 1.165) is 40.1 Å². The fourth-order valence-corrected chi connectivity index (χ4v) is 3.58. The third kappa shape index (κ3) is 4.40. The van der Waals surface area contributed by atoms with Gasteiger partial charge in [0.05, 0.1) is 49.1 Å².